The number of carbonyl (C=O) groups excluding carboxylic acids is 3. The lowest BCUT2D eigenvalue weighted by Crippen LogP contribution is -2.45. The Morgan fingerprint density at radius 2 is 1.53 bits per heavy atom. The lowest BCUT2D eigenvalue weighted by atomic mass is 10.0. The number of nitrogens with zero attached hydrogens (tertiary/aromatic N) is 1. The summed E-state index contributed by atoms with van der Waals surface area (Å²) in [4.78, 5) is 49.3. The van der Waals surface area contributed by atoms with Crippen molar-refractivity contribution in [3.8, 4) is 0 Å². The standard InChI is InChI=1S/C25H39N3O6/c1-24(2,3)28(23(32)33)16-8-7-13-20(29)18-11-9-12-19(17-18)21(30)26-14-10-15-27-22(31)34-25(4,5)6/h9,11-12,17H,7-8,10,13-16H2,1-6H3,(H,26,30)(H,27,31)(H,32,33). The zero-order valence-electron chi connectivity index (χ0n) is 21.2. The summed E-state index contributed by atoms with van der Waals surface area (Å²) in [5.74, 6) is -0.386. The molecular formula is C25H39N3O6. The smallest absolute Gasteiger partial charge is 0.407 e. The van der Waals surface area contributed by atoms with Crippen LogP contribution in [0.3, 0.4) is 0 Å². The molecular weight excluding hydrogens is 438 g/mol. The maximum Gasteiger partial charge on any atom is 0.407 e. The second-order valence-corrected chi connectivity index (χ2v) is 10.1. The molecule has 0 saturated carbocycles. The van der Waals surface area contributed by atoms with Gasteiger partial charge in [-0.05, 0) is 72.9 Å². The van der Waals surface area contributed by atoms with Crippen molar-refractivity contribution in [2.24, 2.45) is 0 Å². The second kappa shape index (κ2) is 13.0. The fourth-order valence-corrected chi connectivity index (χ4v) is 3.15. The summed E-state index contributed by atoms with van der Waals surface area (Å²) in [6, 6.07) is 6.54. The molecule has 9 heteroatoms. The minimum atomic E-state index is -0.974. The van der Waals surface area contributed by atoms with E-state index < -0.39 is 23.3 Å². The quantitative estimate of drug-likeness (QED) is 0.319. The number of alkyl carbamates (subject to hydrolysis) is 1. The molecule has 1 rings (SSSR count). The van der Waals surface area contributed by atoms with Gasteiger partial charge in [0.2, 0.25) is 0 Å². The van der Waals surface area contributed by atoms with E-state index in [9.17, 15) is 24.3 Å². The molecule has 0 aromatic heterocycles. The van der Waals surface area contributed by atoms with Crippen LogP contribution < -0.4 is 10.6 Å². The minimum absolute atomic E-state index is 0.0890. The van der Waals surface area contributed by atoms with E-state index >= 15 is 0 Å². The predicted molar refractivity (Wildman–Crippen MR) is 130 cm³/mol. The van der Waals surface area contributed by atoms with Crippen LogP contribution in [0.2, 0.25) is 0 Å². The van der Waals surface area contributed by atoms with Gasteiger partial charge < -0.3 is 25.4 Å². The van der Waals surface area contributed by atoms with E-state index in [1.54, 1.807) is 45.0 Å². The van der Waals surface area contributed by atoms with Crippen molar-refractivity contribution in [2.75, 3.05) is 19.6 Å². The highest BCUT2D eigenvalue weighted by atomic mass is 16.6. The van der Waals surface area contributed by atoms with Crippen molar-refractivity contribution in [3.05, 3.63) is 35.4 Å². The Kier molecular flexibility index (Phi) is 11.0. The van der Waals surface area contributed by atoms with Gasteiger partial charge in [-0.3, -0.25) is 9.59 Å². The highest BCUT2D eigenvalue weighted by Crippen LogP contribution is 2.16. The van der Waals surface area contributed by atoms with E-state index in [1.165, 1.54) is 4.90 Å². The summed E-state index contributed by atoms with van der Waals surface area (Å²) in [5.41, 5.74) is -0.226. The second-order valence-electron chi connectivity index (χ2n) is 10.1. The van der Waals surface area contributed by atoms with Gasteiger partial charge in [0.05, 0.1) is 0 Å². The number of carbonyl (C=O) groups is 4. The first kappa shape index (κ1) is 28.9. The minimum Gasteiger partial charge on any atom is -0.465 e. The number of benzene rings is 1. The topological polar surface area (TPSA) is 125 Å². The average Bonchev–Trinajstić information content (AvgIpc) is 2.70. The van der Waals surface area contributed by atoms with Gasteiger partial charge in [0, 0.05) is 42.7 Å². The van der Waals surface area contributed by atoms with Crippen molar-refractivity contribution >= 4 is 23.9 Å². The Labute approximate surface area is 202 Å². The van der Waals surface area contributed by atoms with E-state index in [1.807, 2.05) is 20.8 Å². The summed E-state index contributed by atoms with van der Waals surface area (Å²) >= 11 is 0. The molecule has 3 amide bonds. The fourth-order valence-electron chi connectivity index (χ4n) is 3.15. The zero-order valence-corrected chi connectivity index (χ0v) is 21.2. The summed E-state index contributed by atoms with van der Waals surface area (Å²) in [6.45, 7) is 11.9. The van der Waals surface area contributed by atoms with E-state index in [4.69, 9.17) is 4.74 Å². The van der Waals surface area contributed by atoms with E-state index in [0.29, 0.717) is 50.0 Å². The first-order chi connectivity index (χ1) is 15.7. The Hall–Kier alpha value is -3.10. The molecule has 0 aliphatic carbocycles. The number of hydrogen-bond acceptors (Lipinski definition) is 5. The van der Waals surface area contributed by atoms with Gasteiger partial charge >= 0.3 is 12.2 Å². The van der Waals surface area contributed by atoms with Crippen molar-refractivity contribution in [2.45, 2.75) is 78.4 Å². The first-order valence-electron chi connectivity index (χ1n) is 11.6. The number of ether oxygens (including phenoxy) is 1. The maximum atomic E-state index is 12.5. The molecule has 3 N–H and O–H groups in total. The number of Topliss-reactive ketones (excluding diaryl/α,β-unsaturated/α-hetero) is 1. The number of rotatable bonds is 11. The Morgan fingerprint density at radius 1 is 0.912 bits per heavy atom. The molecule has 0 fully saturated rings. The van der Waals surface area contributed by atoms with Crippen LogP contribution in [0.4, 0.5) is 9.59 Å². The molecule has 34 heavy (non-hydrogen) atoms. The molecule has 0 bridgehead atoms. The third-order valence-corrected chi connectivity index (χ3v) is 4.83. The summed E-state index contributed by atoms with van der Waals surface area (Å²) in [6.07, 6.45) is 0.467. The van der Waals surface area contributed by atoms with Crippen molar-refractivity contribution in [1.29, 1.82) is 0 Å². The van der Waals surface area contributed by atoms with Crippen molar-refractivity contribution in [3.63, 3.8) is 0 Å². The summed E-state index contributed by atoms with van der Waals surface area (Å²) < 4.78 is 5.14. The fraction of sp³-hybridized carbons (Fsp3) is 0.600. The normalized spacial score (nSPS) is 11.5. The lowest BCUT2D eigenvalue weighted by molar-refractivity contribution is 0.0527. The SMILES string of the molecule is CC(C)(C)OC(=O)NCCCNC(=O)c1cccc(C(=O)CCCCN(C(=O)O)C(C)(C)C)c1. The molecule has 0 radical (unpaired) electrons. The number of nitrogens with one attached hydrogen (secondary N) is 2. The van der Waals surface area contributed by atoms with Crippen LogP contribution in [0.5, 0.6) is 0 Å². The first-order valence-corrected chi connectivity index (χ1v) is 11.6. The van der Waals surface area contributed by atoms with Gasteiger partial charge in [0.1, 0.15) is 5.60 Å². The van der Waals surface area contributed by atoms with E-state index in [0.717, 1.165) is 0 Å². The molecule has 1 aromatic rings. The number of unbranched alkanes of at least 4 members (excludes halogenated alkanes) is 1. The third kappa shape index (κ3) is 11.2. The molecule has 0 atom stereocenters. The molecule has 0 unspecified atom stereocenters. The van der Waals surface area contributed by atoms with Gasteiger partial charge in [-0.2, -0.15) is 0 Å². The van der Waals surface area contributed by atoms with Crippen LogP contribution in [-0.4, -0.2) is 64.7 Å². The molecule has 9 nitrogen and oxygen atoms in total. The predicted octanol–water partition coefficient (Wildman–Crippen LogP) is 4.46. The van der Waals surface area contributed by atoms with Gasteiger partial charge in [-0.1, -0.05) is 12.1 Å². The Morgan fingerprint density at radius 3 is 2.12 bits per heavy atom. The van der Waals surface area contributed by atoms with Gasteiger partial charge in [0.25, 0.3) is 5.91 Å². The number of amides is 3. The van der Waals surface area contributed by atoms with Gasteiger partial charge in [-0.25, -0.2) is 9.59 Å². The van der Waals surface area contributed by atoms with Crippen molar-refractivity contribution in [1.82, 2.24) is 15.5 Å². The van der Waals surface area contributed by atoms with Crippen molar-refractivity contribution < 1.29 is 29.0 Å². The van der Waals surface area contributed by atoms with Gasteiger partial charge in [-0.15, -0.1) is 0 Å². The summed E-state index contributed by atoms with van der Waals surface area (Å²) in [7, 11) is 0. The average molecular weight is 478 g/mol. The molecule has 0 spiro atoms. The van der Waals surface area contributed by atoms with Gasteiger partial charge in [0.15, 0.2) is 5.78 Å². The lowest BCUT2D eigenvalue weighted by Gasteiger charge is -2.33. The van der Waals surface area contributed by atoms with Crippen LogP contribution in [0.1, 0.15) is 87.9 Å². The highest BCUT2D eigenvalue weighted by molar-refractivity contribution is 6.00. The summed E-state index contributed by atoms with van der Waals surface area (Å²) in [5, 5.41) is 14.7. The number of carboxylic acid groups (broad SMARTS) is 1. The van der Waals surface area contributed by atoms with Crippen LogP contribution in [0.25, 0.3) is 0 Å². The monoisotopic (exact) mass is 477 g/mol. The van der Waals surface area contributed by atoms with Crippen LogP contribution in [0, 0.1) is 0 Å². The number of hydrogen-bond donors (Lipinski definition) is 3. The Balaban J connectivity index is 2.44. The number of ketones is 1. The van der Waals surface area contributed by atoms with Crippen LogP contribution >= 0.6 is 0 Å². The van der Waals surface area contributed by atoms with E-state index in [2.05, 4.69) is 10.6 Å². The molecule has 0 aliphatic heterocycles. The largest absolute Gasteiger partial charge is 0.465 e. The molecule has 0 saturated heterocycles. The highest BCUT2D eigenvalue weighted by Gasteiger charge is 2.25. The zero-order chi connectivity index (χ0) is 25.9. The third-order valence-electron chi connectivity index (χ3n) is 4.83. The maximum absolute atomic E-state index is 12.5. The Bertz CT molecular complexity index is 855. The molecule has 0 aliphatic rings. The molecule has 190 valence electrons. The molecule has 0 heterocycles. The molecule has 1 aromatic carbocycles. The van der Waals surface area contributed by atoms with Crippen LogP contribution in [0.15, 0.2) is 24.3 Å². The van der Waals surface area contributed by atoms with Crippen LogP contribution in [-0.2, 0) is 4.74 Å². The van der Waals surface area contributed by atoms with E-state index in [-0.39, 0.29) is 18.1 Å².